The highest BCUT2D eigenvalue weighted by Crippen LogP contribution is 2.15. The number of aromatic nitrogens is 1. The van der Waals surface area contributed by atoms with Gasteiger partial charge in [0.2, 0.25) is 0 Å². The second-order valence-electron chi connectivity index (χ2n) is 4.53. The zero-order valence-electron chi connectivity index (χ0n) is 9.69. The van der Waals surface area contributed by atoms with E-state index < -0.39 is 5.97 Å². The first-order chi connectivity index (χ1) is 6.84. The monoisotopic (exact) mass is 210 g/mol. The van der Waals surface area contributed by atoms with Gasteiger partial charge in [0.05, 0.1) is 0 Å². The van der Waals surface area contributed by atoms with Crippen LogP contribution < -0.4 is 0 Å². The molecule has 4 nitrogen and oxygen atoms in total. The van der Waals surface area contributed by atoms with Crippen LogP contribution in [-0.4, -0.2) is 40.2 Å². The number of carboxylic acid groups (broad SMARTS) is 1. The molecule has 0 radical (unpaired) electrons. The maximum absolute atomic E-state index is 10.9. The fourth-order valence-electron chi connectivity index (χ4n) is 1.30. The molecule has 0 bridgehead atoms. The number of carboxylic acids is 1. The Bertz CT molecular complexity index is 353. The van der Waals surface area contributed by atoms with Gasteiger partial charge in [-0.05, 0) is 40.1 Å². The summed E-state index contributed by atoms with van der Waals surface area (Å²) >= 11 is 0. The zero-order valence-corrected chi connectivity index (χ0v) is 9.69. The van der Waals surface area contributed by atoms with Crippen molar-refractivity contribution < 1.29 is 9.90 Å². The molecule has 1 heterocycles. The molecule has 0 aliphatic heterocycles. The molecule has 0 aliphatic carbocycles. The Kier molecular flexibility index (Phi) is 3.19. The van der Waals surface area contributed by atoms with Gasteiger partial charge in [0, 0.05) is 18.3 Å². The van der Waals surface area contributed by atoms with Crippen molar-refractivity contribution in [3.63, 3.8) is 0 Å². The van der Waals surface area contributed by atoms with Gasteiger partial charge in [-0.1, -0.05) is 0 Å². The summed E-state index contributed by atoms with van der Waals surface area (Å²) in [5.74, 6) is -0.880. The molecule has 0 atom stereocenters. The molecule has 0 unspecified atom stereocenters. The van der Waals surface area contributed by atoms with E-state index in [0.29, 0.717) is 12.2 Å². The predicted octanol–water partition coefficient (Wildman–Crippen LogP) is 1.53. The summed E-state index contributed by atoms with van der Waals surface area (Å²) < 4.78 is 1.77. The third-order valence-electron chi connectivity index (χ3n) is 2.82. The van der Waals surface area contributed by atoms with E-state index in [4.69, 9.17) is 5.11 Å². The van der Waals surface area contributed by atoms with Crippen LogP contribution in [0, 0.1) is 0 Å². The molecule has 84 valence electrons. The summed E-state index contributed by atoms with van der Waals surface area (Å²) in [5.41, 5.74) is 0.272. The van der Waals surface area contributed by atoms with Crippen molar-refractivity contribution in [1.29, 1.82) is 0 Å². The predicted molar refractivity (Wildman–Crippen MR) is 59.2 cm³/mol. The lowest BCUT2D eigenvalue weighted by atomic mass is 10.0. The molecule has 0 aliphatic rings. The minimum absolute atomic E-state index is 0.0662. The van der Waals surface area contributed by atoms with Crippen molar-refractivity contribution >= 4 is 5.97 Å². The lowest BCUT2D eigenvalue weighted by Crippen LogP contribution is -2.42. The van der Waals surface area contributed by atoms with E-state index >= 15 is 0 Å². The Morgan fingerprint density at radius 2 is 2.13 bits per heavy atom. The van der Waals surface area contributed by atoms with Crippen molar-refractivity contribution in [3.05, 3.63) is 24.0 Å². The number of hydrogen-bond donors (Lipinski definition) is 1. The van der Waals surface area contributed by atoms with Gasteiger partial charge in [-0.15, -0.1) is 0 Å². The molecule has 4 heteroatoms. The highest BCUT2D eigenvalue weighted by molar-refractivity contribution is 5.85. The first-order valence-electron chi connectivity index (χ1n) is 4.90. The lowest BCUT2D eigenvalue weighted by Gasteiger charge is -2.33. The van der Waals surface area contributed by atoms with Gasteiger partial charge in [0.1, 0.15) is 5.69 Å². The van der Waals surface area contributed by atoms with E-state index in [2.05, 4.69) is 18.7 Å². The van der Waals surface area contributed by atoms with Gasteiger partial charge >= 0.3 is 5.97 Å². The third-order valence-corrected chi connectivity index (χ3v) is 2.82. The first kappa shape index (κ1) is 11.8. The van der Waals surface area contributed by atoms with Gasteiger partial charge in [0.15, 0.2) is 0 Å². The molecule has 1 N–H and O–H groups in total. The number of rotatable bonds is 4. The standard InChI is InChI=1S/C11H18N2O2/c1-11(2,12(3)4)8-13-7-5-6-9(13)10(14)15/h5-7H,8H2,1-4H3,(H,14,15). The molecule has 0 aromatic carbocycles. The van der Waals surface area contributed by atoms with Gasteiger partial charge in [-0.3, -0.25) is 0 Å². The largest absolute Gasteiger partial charge is 0.477 e. The van der Waals surface area contributed by atoms with Gasteiger partial charge in [0.25, 0.3) is 0 Å². The Balaban J connectivity index is 2.90. The van der Waals surface area contributed by atoms with Crippen molar-refractivity contribution in [3.8, 4) is 0 Å². The minimum Gasteiger partial charge on any atom is -0.477 e. The van der Waals surface area contributed by atoms with Crippen LogP contribution >= 0.6 is 0 Å². The second-order valence-corrected chi connectivity index (χ2v) is 4.53. The van der Waals surface area contributed by atoms with Crippen LogP contribution in [0.3, 0.4) is 0 Å². The Morgan fingerprint density at radius 3 is 2.60 bits per heavy atom. The van der Waals surface area contributed by atoms with Crippen LogP contribution in [0.4, 0.5) is 0 Å². The van der Waals surface area contributed by atoms with E-state index in [-0.39, 0.29) is 5.54 Å². The summed E-state index contributed by atoms with van der Waals surface area (Å²) in [6.45, 7) is 4.83. The molecule has 1 aromatic heterocycles. The number of hydrogen-bond acceptors (Lipinski definition) is 2. The van der Waals surface area contributed by atoms with Crippen LogP contribution in [-0.2, 0) is 6.54 Å². The van der Waals surface area contributed by atoms with E-state index in [0.717, 1.165) is 0 Å². The Hall–Kier alpha value is -1.29. The van der Waals surface area contributed by atoms with Crippen molar-refractivity contribution in [2.75, 3.05) is 14.1 Å². The average molecular weight is 210 g/mol. The normalized spacial score (nSPS) is 12.1. The quantitative estimate of drug-likeness (QED) is 0.819. The average Bonchev–Trinajstić information content (AvgIpc) is 2.51. The van der Waals surface area contributed by atoms with Crippen LogP contribution in [0.1, 0.15) is 24.3 Å². The molecular weight excluding hydrogens is 192 g/mol. The van der Waals surface area contributed by atoms with E-state index in [1.165, 1.54) is 0 Å². The maximum atomic E-state index is 10.9. The number of likely N-dealkylation sites (N-methyl/N-ethyl adjacent to an activating group) is 1. The summed E-state index contributed by atoms with van der Waals surface area (Å²) in [6.07, 6.45) is 1.80. The molecule has 0 spiro atoms. The number of nitrogens with zero attached hydrogens (tertiary/aromatic N) is 2. The molecule has 1 aromatic rings. The highest BCUT2D eigenvalue weighted by atomic mass is 16.4. The molecule has 1 rings (SSSR count). The topological polar surface area (TPSA) is 45.5 Å². The van der Waals surface area contributed by atoms with E-state index in [1.54, 1.807) is 22.9 Å². The Labute approximate surface area is 90.1 Å². The fourth-order valence-corrected chi connectivity index (χ4v) is 1.30. The van der Waals surface area contributed by atoms with Gasteiger partial charge in [-0.25, -0.2) is 4.79 Å². The van der Waals surface area contributed by atoms with E-state index in [1.807, 2.05) is 14.1 Å². The minimum atomic E-state index is -0.880. The zero-order chi connectivity index (χ0) is 11.6. The van der Waals surface area contributed by atoms with Crippen molar-refractivity contribution in [2.45, 2.75) is 25.9 Å². The summed E-state index contributed by atoms with van der Waals surface area (Å²) in [4.78, 5) is 13.0. The van der Waals surface area contributed by atoms with Crippen LogP contribution in [0.5, 0.6) is 0 Å². The molecule has 0 fully saturated rings. The van der Waals surface area contributed by atoms with Crippen LogP contribution in [0.2, 0.25) is 0 Å². The van der Waals surface area contributed by atoms with Crippen molar-refractivity contribution in [1.82, 2.24) is 9.47 Å². The number of carbonyl (C=O) groups is 1. The number of aromatic carboxylic acids is 1. The van der Waals surface area contributed by atoms with Crippen molar-refractivity contribution in [2.24, 2.45) is 0 Å². The SMILES string of the molecule is CN(C)C(C)(C)Cn1cccc1C(=O)O. The molecule has 0 saturated carbocycles. The first-order valence-corrected chi connectivity index (χ1v) is 4.90. The van der Waals surface area contributed by atoms with Gasteiger partial charge in [-0.2, -0.15) is 0 Å². The van der Waals surface area contributed by atoms with E-state index in [9.17, 15) is 4.79 Å². The Morgan fingerprint density at radius 1 is 1.53 bits per heavy atom. The molecule has 15 heavy (non-hydrogen) atoms. The second kappa shape index (κ2) is 4.06. The summed E-state index contributed by atoms with van der Waals surface area (Å²) in [7, 11) is 3.98. The third kappa shape index (κ3) is 2.59. The van der Waals surface area contributed by atoms with Crippen LogP contribution in [0.25, 0.3) is 0 Å². The fraction of sp³-hybridized carbons (Fsp3) is 0.545. The van der Waals surface area contributed by atoms with Crippen LogP contribution in [0.15, 0.2) is 18.3 Å². The lowest BCUT2D eigenvalue weighted by molar-refractivity contribution is 0.0679. The molecule has 0 saturated heterocycles. The summed E-state index contributed by atoms with van der Waals surface area (Å²) in [6, 6.07) is 3.38. The molecular formula is C11H18N2O2. The molecule has 0 amide bonds. The van der Waals surface area contributed by atoms with Gasteiger partial charge < -0.3 is 14.6 Å². The maximum Gasteiger partial charge on any atom is 0.352 e. The highest BCUT2D eigenvalue weighted by Gasteiger charge is 2.22. The smallest absolute Gasteiger partial charge is 0.352 e. The summed E-state index contributed by atoms with van der Waals surface area (Å²) in [5, 5.41) is 8.96.